The number of aliphatic imine (C=N–C) groups is 1. The zero-order valence-corrected chi connectivity index (χ0v) is 8.36. The lowest BCUT2D eigenvalue weighted by Gasteiger charge is -2.09. The second-order valence-corrected chi connectivity index (χ2v) is 3.17. The fourth-order valence-electron chi connectivity index (χ4n) is 1.01. The van der Waals surface area contributed by atoms with Gasteiger partial charge in [0.1, 0.15) is 0 Å². The van der Waals surface area contributed by atoms with Gasteiger partial charge in [0.15, 0.2) is 0 Å². The Kier molecular flexibility index (Phi) is 3.94. The molecule has 0 aliphatic rings. The van der Waals surface area contributed by atoms with Crippen molar-refractivity contribution in [3.05, 3.63) is 30.3 Å². The van der Waals surface area contributed by atoms with Gasteiger partial charge in [-0.15, -0.1) is 0 Å². The van der Waals surface area contributed by atoms with Crippen molar-refractivity contribution in [3.63, 3.8) is 0 Å². The van der Waals surface area contributed by atoms with Gasteiger partial charge in [-0.2, -0.15) is 0 Å². The molecule has 0 atom stereocenters. The lowest BCUT2D eigenvalue weighted by molar-refractivity contribution is 0.233. The average molecular weight is 193 g/mol. The molecule has 0 bridgehead atoms. The van der Waals surface area contributed by atoms with Crippen LogP contribution in [0.4, 0.5) is 5.69 Å². The normalized spacial score (nSPS) is 11.6. The molecule has 0 fully saturated rings. The Bertz CT molecular complexity index is 295. The van der Waals surface area contributed by atoms with Gasteiger partial charge in [0, 0.05) is 11.7 Å². The Morgan fingerprint density at radius 1 is 1.29 bits per heavy atom. The van der Waals surface area contributed by atoms with Crippen LogP contribution in [0.5, 0.6) is 0 Å². The van der Waals surface area contributed by atoms with Gasteiger partial charge in [0.25, 0.3) is 0 Å². The van der Waals surface area contributed by atoms with Crippen molar-refractivity contribution in [2.45, 2.75) is 19.9 Å². The third-order valence-corrected chi connectivity index (χ3v) is 1.53. The number of anilines is 1. The van der Waals surface area contributed by atoms with Crippen molar-refractivity contribution in [1.29, 1.82) is 0 Å². The van der Waals surface area contributed by atoms with Crippen molar-refractivity contribution in [3.8, 4) is 0 Å². The van der Waals surface area contributed by atoms with Crippen molar-refractivity contribution >= 4 is 11.6 Å². The molecule has 0 radical (unpaired) electrons. The number of guanidine groups is 1. The summed E-state index contributed by atoms with van der Waals surface area (Å²) >= 11 is 0. The predicted octanol–water partition coefficient (Wildman–Crippen LogP) is 1.84. The predicted molar refractivity (Wildman–Crippen MR) is 57.6 cm³/mol. The first-order chi connectivity index (χ1) is 6.72. The molecule has 0 unspecified atom stereocenters. The third-order valence-electron chi connectivity index (χ3n) is 1.53. The van der Waals surface area contributed by atoms with Gasteiger partial charge >= 0.3 is 0 Å². The molecular weight excluding hydrogens is 178 g/mol. The van der Waals surface area contributed by atoms with Crippen LogP contribution in [0, 0.1) is 0 Å². The highest BCUT2D eigenvalue weighted by Gasteiger charge is 1.98. The second kappa shape index (κ2) is 5.24. The summed E-state index contributed by atoms with van der Waals surface area (Å²) in [5, 5.41) is 11.7. The molecule has 0 aromatic heterocycles. The lowest BCUT2D eigenvalue weighted by atomic mass is 10.3. The topological polar surface area (TPSA) is 56.7 Å². The summed E-state index contributed by atoms with van der Waals surface area (Å²) in [4.78, 5) is 4.14. The summed E-state index contributed by atoms with van der Waals surface area (Å²) in [6.07, 6.45) is 0. The molecule has 0 saturated carbocycles. The molecular formula is C10H15N3O. The minimum Gasteiger partial charge on any atom is -0.325 e. The van der Waals surface area contributed by atoms with Crippen LogP contribution in [-0.2, 0) is 0 Å². The summed E-state index contributed by atoms with van der Waals surface area (Å²) in [5.41, 5.74) is 2.90. The summed E-state index contributed by atoms with van der Waals surface area (Å²) in [6.45, 7) is 3.87. The van der Waals surface area contributed by atoms with E-state index in [0.717, 1.165) is 5.69 Å². The smallest absolute Gasteiger partial charge is 0.220 e. The standard InChI is InChI=1S/C10H15N3O/c1-8(2)11-10(13-14)12-9-6-4-3-5-7-9/h3-8,14H,1-2H3,(H2,11,12,13). The molecule has 0 aliphatic carbocycles. The molecule has 1 aromatic rings. The van der Waals surface area contributed by atoms with Crippen LogP contribution < -0.4 is 10.8 Å². The van der Waals surface area contributed by atoms with Crippen LogP contribution in [-0.4, -0.2) is 17.2 Å². The van der Waals surface area contributed by atoms with E-state index in [0.29, 0.717) is 5.96 Å². The first-order valence-corrected chi connectivity index (χ1v) is 4.52. The number of nitrogens with zero attached hydrogens (tertiary/aromatic N) is 1. The van der Waals surface area contributed by atoms with E-state index in [-0.39, 0.29) is 6.04 Å². The van der Waals surface area contributed by atoms with Gasteiger partial charge in [-0.3, -0.25) is 5.21 Å². The van der Waals surface area contributed by atoms with Crippen LogP contribution >= 0.6 is 0 Å². The van der Waals surface area contributed by atoms with Crippen LogP contribution in [0.3, 0.4) is 0 Å². The monoisotopic (exact) mass is 193 g/mol. The Morgan fingerprint density at radius 2 is 1.93 bits per heavy atom. The Morgan fingerprint density at radius 3 is 2.43 bits per heavy atom. The first kappa shape index (κ1) is 10.5. The van der Waals surface area contributed by atoms with E-state index in [2.05, 4.69) is 10.3 Å². The average Bonchev–Trinajstić information content (AvgIpc) is 2.17. The van der Waals surface area contributed by atoms with E-state index < -0.39 is 0 Å². The van der Waals surface area contributed by atoms with Crippen molar-refractivity contribution in [1.82, 2.24) is 5.48 Å². The second-order valence-electron chi connectivity index (χ2n) is 3.17. The lowest BCUT2D eigenvalue weighted by Crippen LogP contribution is -2.28. The van der Waals surface area contributed by atoms with Gasteiger partial charge in [0.2, 0.25) is 5.96 Å². The van der Waals surface area contributed by atoms with Gasteiger partial charge in [-0.25, -0.2) is 10.5 Å². The minimum absolute atomic E-state index is 0.126. The molecule has 4 heteroatoms. The van der Waals surface area contributed by atoms with Crippen molar-refractivity contribution in [2.24, 2.45) is 4.99 Å². The van der Waals surface area contributed by atoms with E-state index in [9.17, 15) is 0 Å². The quantitative estimate of drug-likeness (QED) is 0.381. The van der Waals surface area contributed by atoms with E-state index >= 15 is 0 Å². The molecule has 76 valence electrons. The zero-order valence-electron chi connectivity index (χ0n) is 8.36. The number of rotatable bonds is 2. The molecule has 1 aromatic carbocycles. The number of hydrogen-bond donors (Lipinski definition) is 3. The highest BCUT2D eigenvalue weighted by Crippen LogP contribution is 2.04. The molecule has 0 aliphatic heterocycles. The van der Waals surface area contributed by atoms with Gasteiger partial charge in [0.05, 0.1) is 0 Å². The largest absolute Gasteiger partial charge is 0.325 e. The highest BCUT2D eigenvalue weighted by molar-refractivity contribution is 5.92. The van der Waals surface area contributed by atoms with E-state index in [4.69, 9.17) is 5.21 Å². The van der Waals surface area contributed by atoms with Gasteiger partial charge in [-0.1, -0.05) is 18.2 Å². The Labute approximate surface area is 83.6 Å². The van der Waals surface area contributed by atoms with E-state index in [1.807, 2.05) is 49.7 Å². The maximum absolute atomic E-state index is 8.79. The van der Waals surface area contributed by atoms with E-state index in [1.54, 1.807) is 0 Å². The van der Waals surface area contributed by atoms with Crippen molar-refractivity contribution < 1.29 is 5.21 Å². The number of nitrogens with one attached hydrogen (secondary N) is 2. The molecule has 3 N–H and O–H groups in total. The maximum atomic E-state index is 8.79. The van der Waals surface area contributed by atoms with Crippen LogP contribution in [0.15, 0.2) is 35.3 Å². The molecule has 1 rings (SSSR count). The SMILES string of the molecule is CC(C)N=C(NO)Nc1ccccc1. The van der Waals surface area contributed by atoms with Crippen LogP contribution in [0.2, 0.25) is 0 Å². The summed E-state index contributed by atoms with van der Waals surface area (Å²) in [6, 6.07) is 9.66. The van der Waals surface area contributed by atoms with Gasteiger partial charge in [-0.05, 0) is 26.0 Å². The summed E-state index contributed by atoms with van der Waals surface area (Å²) < 4.78 is 0. The molecule has 0 amide bonds. The molecule has 0 saturated heterocycles. The summed E-state index contributed by atoms with van der Waals surface area (Å²) in [7, 11) is 0. The maximum Gasteiger partial charge on any atom is 0.220 e. The summed E-state index contributed by atoms with van der Waals surface area (Å²) in [5.74, 6) is 0.353. The van der Waals surface area contributed by atoms with Gasteiger partial charge < -0.3 is 5.32 Å². The fraction of sp³-hybridized carbons (Fsp3) is 0.300. The number of hydroxylamine groups is 1. The first-order valence-electron chi connectivity index (χ1n) is 4.52. The Balaban J connectivity index is 2.67. The Hall–Kier alpha value is -1.55. The minimum atomic E-state index is 0.126. The zero-order chi connectivity index (χ0) is 10.4. The number of hydrogen-bond acceptors (Lipinski definition) is 2. The molecule has 4 nitrogen and oxygen atoms in total. The van der Waals surface area contributed by atoms with Crippen molar-refractivity contribution in [2.75, 3.05) is 5.32 Å². The number of benzene rings is 1. The van der Waals surface area contributed by atoms with Crippen LogP contribution in [0.25, 0.3) is 0 Å². The molecule has 0 heterocycles. The molecule has 0 spiro atoms. The fourth-order valence-corrected chi connectivity index (χ4v) is 1.01. The number of para-hydroxylation sites is 1. The van der Waals surface area contributed by atoms with E-state index in [1.165, 1.54) is 0 Å². The molecule has 14 heavy (non-hydrogen) atoms. The third kappa shape index (κ3) is 3.45. The van der Waals surface area contributed by atoms with Crippen LogP contribution in [0.1, 0.15) is 13.8 Å². The highest BCUT2D eigenvalue weighted by atomic mass is 16.5.